The zero-order chi connectivity index (χ0) is 21.9. The summed E-state index contributed by atoms with van der Waals surface area (Å²) in [6, 6.07) is 32.8. The fraction of sp³-hybridized carbons (Fsp3) is 0.0667. The number of benzene rings is 4. The van der Waals surface area contributed by atoms with Gasteiger partial charge in [0.05, 0.1) is 22.1 Å². The highest BCUT2D eigenvalue weighted by atomic mass is 15.1. The molecule has 0 saturated heterocycles. The third-order valence-corrected chi connectivity index (χ3v) is 6.80. The van der Waals surface area contributed by atoms with E-state index < -0.39 is 0 Å². The van der Waals surface area contributed by atoms with E-state index in [2.05, 4.69) is 125 Å². The Bertz CT molecular complexity index is 1760. The molecule has 0 aliphatic carbocycles. The van der Waals surface area contributed by atoms with Gasteiger partial charge in [-0.1, -0.05) is 66.2 Å². The maximum atomic E-state index is 3.62. The normalized spacial score (nSPS) is 14.1. The molecule has 0 unspecified atom stereocenters. The molecule has 6 aromatic rings. The first-order chi connectivity index (χ1) is 16.3. The Morgan fingerprint density at radius 1 is 0.576 bits per heavy atom. The molecule has 2 aromatic heterocycles. The number of dihydropyridines is 1. The lowest BCUT2D eigenvalue weighted by molar-refractivity contribution is 0.885. The van der Waals surface area contributed by atoms with Crippen LogP contribution in [0.15, 0.2) is 109 Å². The smallest absolute Gasteiger partial charge is 0.111 e. The highest BCUT2D eigenvalue weighted by Gasteiger charge is 2.19. The quantitative estimate of drug-likeness (QED) is 0.310. The number of rotatable bonds is 2. The van der Waals surface area contributed by atoms with Crippen molar-refractivity contribution in [3.05, 3.63) is 109 Å². The predicted molar refractivity (Wildman–Crippen MR) is 140 cm³/mol. The summed E-state index contributed by atoms with van der Waals surface area (Å²) in [5.41, 5.74) is 7.44. The summed E-state index contributed by atoms with van der Waals surface area (Å²) >= 11 is 0. The lowest BCUT2D eigenvalue weighted by Crippen LogP contribution is -2.21. The maximum Gasteiger partial charge on any atom is 0.111 e. The molecule has 3 nitrogen and oxygen atoms in total. The molecule has 33 heavy (non-hydrogen) atoms. The summed E-state index contributed by atoms with van der Waals surface area (Å²) in [6.45, 7) is 3.03. The number of nitrogens with zero attached hydrogens (tertiary/aromatic N) is 2. The van der Waals surface area contributed by atoms with E-state index in [1.807, 2.05) is 0 Å². The first kappa shape index (κ1) is 18.3. The number of aromatic nitrogens is 2. The van der Waals surface area contributed by atoms with E-state index in [-0.39, 0.29) is 0 Å². The van der Waals surface area contributed by atoms with Gasteiger partial charge in [-0.2, -0.15) is 0 Å². The Morgan fingerprint density at radius 2 is 1.15 bits per heavy atom. The third-order valence-electron chi connectivity index (χ3n) is 6.80. The molecule has 0 bridgehead atoms. The van der Waals surface area contributed by atoms with Crippen LogP contribution in [0.2, 0.25) is 0 Å². The van der Waals surface area contributed by atoms with Crippen LogP contribution in [0, 0.1) is 0 Å². The van der Waals surface area contributed by atoms with E-state index in [4.69, 9.17) is 0 Å². The number of para-hydroxylation sites is 3. The van der Waals surface area contributed by atoms with Gasteiger partial charge in [-0.3, -0.25) is 4.57 Å². The van der Waals surface area contributed by atoms with E-state index in [9.17, 15) is 0 Å². The summed E-state index contributed by atoms with van der Waals surface area (Å²) in [7, 11) is 0. The van der Waals surface area contributed by atoms with Crippen molar-refractivity contribution < 1.29 is 0 Å². The summed E-state index contributed by atoms with van der Waals surface area (Å²) in [4.78, 5) is 0. The molecule has 0 saturated carbocycles. The Balaban J connectivity index is 1.66. The van der Waals surface area contributed by atoms with Gasteiger partial charge in [0.1, 0.15) is 5.82 Å². The lowest BCUT2D eigenvalue weighted by atomic mass is 10.1. The average Bonchev–Trinajstić information content (AvgIpc) is 3.36. The minimum atomic E-state index is 0.870. The van der Waals surface area contributed by atoms with Crippen LogP contribution in [0.25, 0.3) is 55.1 Å². The molecule has 1 N–H and O–H groups in total. The maximum absolute atomic E-state index is 3.62. The zero-order valence-corrected chi connectivity index (χ0v) is 18.4. The number of hydrogen-bond acceptors (Lipinski definition) is 1. The molecule has 0 radical (unpaired) electrons. The first-order valence-corrected chi connectivity index (χ1v) is 11.4. The Morgan fingerprint density at radius 3 is 1.79 bits per heavy atom. The second-order valence-electron chi connectivity index (χ2n) is 8.85. The fourth-order valence-corrected chi connectivity index (χ4v) is 5.27. The van der Waals surface area contributed by atoms with Gasteiger partial charge in [-0.25, -0.2) is 0 Å². The van der Waals surface area contributed by atoms with Gasteiger partial charge in [0.15, 0.2) is 0 Å². The van der Waals surface area contributed by atoms with Crippen LogP contribution in [-0.4, -0.2) is 15.7 Å². The molecule has 0 atom stereocenters. The average molecular weight is 426 g/mol. The van der Waals surface area contributed by atoms with Crippen LogP contribution in [0.4, 0.5) is 0 Å². The summed E-state index contributed by atoms with van der Waals surface area (Å²) < 4.78 is 4.77. The molecular formula is C30H23N3. The Hall–Kier alpha value is -4.24. The van der Waals surface area contributed by atoms with Crippen LogP contribution in [0.5, 0.6) is 0 Å². The monoisotopic (exact) mass is 425 g/mol. The molecule has 158 valence electrons. The number of fused-ring (bicyclic) bond motifs is 6. The third kappa shape index (κ3) is 2.63. The highest BCUT2D eigenvalue weighted by Crippen LogP contribution is 2.39. The largest absolute Gasteiger partial charge is 0.367 e. The van der Waals surface area contributed by atoms with Crippen molar-refractivity contribution in [2.75, 3.05) is 6.54 Å². The number of nitrogens with one attached hydrogen (secondary N) is 1. The van der Waals surface area contributed by atoms with Crippen molar-refractivity contribution in [1.82, 2.24) is 14.5 Å². The first-order valence-electron chi connectivity index (χ1n) is 11.4. The second-order valence-corrected chi connectivity index (χ2v) is 8.85. The van der Waals surface area contributed by atoms with Gasteiger partial charge in [0.2, 0.25) is 0 Å². The predicted octanol–water partition coefficient (Wildman–Crippen LogP) is 7.24. The summed E-state index contributed by atoms with van der Waals surface area (Å²) in [6.07, 6.45) is 4.41. The van der Waals surface area contributed by atoms with Crippen LogP contribution < -0.4 is 5.32 Å². The second kappa shape index (κ2) is 6.88. The molecule has 7 rings (SSSR count). The van der Waals surface area contributed by atoms with E-state index in [0.717, 1.165) is 12.4 Å². The van der Waals surface area contributed by atoms with Crippen LogP contribution in [-0.2, 0) is 0 Å². The van der Waals surface area contributed by atoms with E-state index >= 15 is 0 Å². The molecule has 3 heteroatoms. The summed E-state index contributed by atoms with van der Waals surface area (Å²) in [5, 5.41) is 8.71. The van der Waals surface area contributed by atoms with E-state index in [1.54, 1.807) is 0 Å². The molecule has 1 aliphatic heterocycles. The highest BCUT2D eigenvalue weighted by molar-refractivity contribution is 6.19. The van der Waals surface area contributed by atoms with Crippen LogP contribution in [0.3, 0.4) is 0 Å². The summed E-state index contributed by atoms with van der Waals surface area (Å²) in [5.74, 6) is 1.12. The van der Waals surface area contributed by atoms with E-state index in [0.29, 0.717) is 0 Å². The lowest BCUT2D eigenvalue weighted by Gasteiger charge is -2.18. The van der Waals surface area contributed by atoms with Gasteiger partial charge in [-0.05, 0) is 49.4 Å². The molecule has 0 amide bonds. The van der Waals surface area contributed by atoms with Crippen molar-refractivity contribution in [3.8, 4) is 5.69 Å². The van der Waals surface area contributed by atoms with Crippen molar-refractivity contribution >= 4 is 49.4 Å². The zero-order valence-electron chi connectivity index (χ0n) is 18.4. The van der Waals surface area contributed by atoms with E-state index in [1.165, 1.54) is 54.9 Å². The molecule has 4 aromatic carbocycles. The topological polar surface area (TPSA) is 21.9 Å². The van der Waals surface area contributed by atoms with Gasteiger partial charge in [0, 0.05) is 33.8 Å². The van der Waals surface area contributed by atoms with Gasteiger partial charge in [0.25, 0.3) is 0 Å². The van der Waals surface area contributed by atoms with Gasteiger partial charge < -0.3 is 9.88 Å². The molecule has 3 heterocycles. The number of allylic oxidation sites excluding steroid dienone is 2. The SMILES string of the molecule is CC1=CC=C(n2c3ccccc3c3cc4c(cc32)c2ccccc2n4-c2ccccc2)NC1. The number of hydrogen-bond donors (Lipinski definition) is 1. The van der Waals surface area contributed by atoms with Crippen LogP contribution in [0.1, 0.15) is 6.92 Å². The minimum Gasteiger partial charge on any atom is -0.367 e. The Labute approximate surface area is 191 Å². The fourth-order valence-electron chi connectivity index (χ4n) is 5.27. The van der Waals surface area contributed by atoms with Crippen molar-refractivity contribution in [3.63, 3.8) is 0 Å². The Kier molecular flexibility index (Phi) is 3.82. The van der Waals surface area contributed by atoms with Crippen molar-refractivity contribution in [2.45, 2.75) is 6.92 Å². The molecule has 1 aliphatic rings. The standard InChI is InChI=1S/C30H23N3/c1-20-15-16-30(31-19-20)33-27-14-8-6-12-23(27)25-17-28-24(18-29(25)33)22-11-5-7-13-26(22)32(28)21-9-3-2-4-10-21/h2-18,31H,19H2,1H3. The van der Waals surface area contributed by atoms with Crippen molar-refractivity contribution in [2.24, 2.45) is 0 Å². The minimum absolute atomic E-state index is 0.870. The molecular weight excluding hydrogens is 402 g/mol. The van der Waals surface area contributed by atoms with Crippen molar-refractivity contribution in [1.29, 1.82) is 0 Å². The van der Waals surface area contributed by atoms with Crippen LogP contribution >= 0.6 is 0 Å². The van der Waals surface area contributed by atoms with Gasteiger partial charge >= 0.3 is 0 Å². The molecule has 0 fully saturated rings. The van der Waals surface area contributed by atoms with Gasteiger partial charge in [-0.15, -0.1) is 0 Å². The molecule has 0 spiro atoms.